The van der Waals surface area contributed by atoms with E-state index in [9.17, 15) is 10.1 Å². The molecule has 0 amide bonds. The van der Waals surface area contributed by atoms with E-state index in [4.69, 9.17) is 14.5 Å². The fourth-order valence-corrected chi connectivity index (χ4v) is 4.52. The summed E-state index contributed by atoms with van der Waals surface area (Å²) in [5.41, 5.74) is 3.47. The van der Waals surface area contributed by atoms with E-state index >= 15 is 0 Å². The van der Waals surface area contributed by atoms with Gasteiger partial charge in [-0.15, -0.1) is 0 Å². The number of hydrogen-bond donors (Lipinski definition) is 0. The summed E-state index contributed by atoms with van der Waals surface area (Å²) in [5, 5.41) is 12.3. The molecule has 0 bridgehead atoms. The van der Waals surface area contributed by atoms with Gasteiger partial charge in [0.25, 0.3) is 5.69 Å². The van der Waals surface area contributed by atoms with Gasteiger partial charge in [0, 0.05) is 29.0 Å². The molecule has 4 rings (SSSR count). The molecule has 1 aliphatic rings. The molecule has 152 valence electrons. The lowest BCUT2D eigenvalue weighted by Crippen LogP contribution is -2.15. The number of unbranched alkanes of at least 4 members (excludes halogenated alkanes) is 2. The summed E-state index contributed by atoms with van der Waals surface area (Å²) in [6.07, 6.45) is 3.51. The van der Waals surface area contributed by atoms with Crippen LogP contribution in [0.3, 0.4) is 0 Å². The zero-order valence-corrected chi connectivity index (χ0v) is 17.1. The Labute approximate surface area is 173 Å². The topological polar surface area (TPSA) is 79.4 Å². The van der Waals surface area contributed by atoms with E-state index in [2.05, 4.69) is 11.5 Å². The van der Waals surface area contributed by atoms with Gasteiger partial charge < -0.3 is 14.0 Å². The van der Waals surface area contributed by atoms with E-state index in [1.807, 2.05) is 24.3 Å². The molecule has 0 fully saturated rings. The van der Waals surface area contributed by atoms with Crippen molar-refractivity contribution in [3.63, 3.8) is 0 Å². The molecule has 1 aromatic heterocycles. The zero-order chi connectivity index (χ0) is 20.2. The van der Waals surface area contributed by atoms with Crippen LogP contribution in [0.1, 0.15) is 37.3 Å². The molecule has 8 heteroatoms. The Balaban J connectivity index is 1.73. The minimum absolute atomic E-state index is 0.0504. The van der Waals surface area contributed by atoms with Crippen molar-refractivity contribution in [2.75, 3.05) is 12.5 Å². The molecule has 0 N–H and O–H groups in total. The summed E-state index contributed by atoms with van der Waals surface area (Å²) in [7, 11) is 0. The minimum atomic E-state index is -0.370. The number of nitrogens with zero attached hydrogens (tertiary/aromatic N) is 3. The Hall–Kier alpha value is -2.58. The summed E-state index contributed by atoms with van der Waals surface area (Å²) in [4.78, 5) is 15.9. The Morgan fingerprint density at radius 2 is 2.14 bits per heavy atom. The molecule has 0 unspecified atom stereocenters. The van der Waals surface area contributed by atoms with Crippen LogP contribution in [0.5, 0.6) is 5.75 Å². The maximum absolute atomic E-state index is 11.4. The minimum Gasteiger partial charge on any atom is -0.467 e. The lowest BCUT2D eigenvalue weighted by Gasteiger charge is -2.21. The van der Waals surface area contributed by atoms with Crippen LogP contribution < -0.4 is 4.74 Å². The third-order valence-corrected chi connectivity index (χ3v) is 5.97. The van der Waals surface area contributed by atoms with Gasteiger partial charge in [0.05, 0.1) is 29.1 Å². The van der Waals surface area contributed by atoms with Gasteiger partial charge in [-0.05, 0) is 18.6 Å². The Morgan fingerprint density at radius 1 is 1.28 bits per heavy atom. The first-order valence-electron chi connectivity index (χ1n) is 9.76. The SMILES string of the molecule is CCCCCSc1nc2ccccc2n1Cc1cc([N+](=O)[O-])cc2c1OCOC2. The highest BCUT2D eigenvalue weighted by atomic mass is 32.2. The molecule has 0 saturated carbocycles. The Bertz CT molecular complexity index is 1030. The predicted octanol–water partition coefficient (Wildman–Crippen LogP) is 5.14. The van der Waals surface area contributed by atoms with Gasteiger partial charge >= 0.3 is 0 Å². The summed E-state index contributed by atoms with van der Waals surface area (Å²) in [6.45, 7) is 3.12. The average Bonchev–Trinajstić information content (AvgIpc) is 3.08. The van der Waals surface area contributed by atoms with Gasteiger partial charge in [0.2, 0.25) is 0 Å². The van der Waals surface area contributed by atoms with Crippen LogP contribution in [-0.2, 0) is 17.9 Å². The third-order valence-electron chi connectivity index (χ3n) is 4.91. The number of rotatable bonds is 8. The number of nitro groups is 1. The first-order chi connectivity index (χ1) is 14.2. The zero-order valence-electron chi connectivity index (χ0n) is 16.3. The normalized spacial score (nSPS) is 13.3. The van der Waals surface area contributed by atoms with Gasteiger partial charge in [-0.1, -0.05) is 43.7 Å². The molecule has 2 heterocycles. The lowest BCUT2D eigenvalue weighted by atomic mass is 10.1. The van der Waals surface area contributed by atoms with E-state index in [1.54, 1.807) is 17.8 Å². The van der Waals surface area contributed by atoms with Crippen molar-refractivity contribution >= 4 is 28.5 Å². The quantitative estimate of drug-likeness (QED) is 0.220. The molecule has 7 nitrogen and oxygen atoms in total. The highest BCUT2D eigenvalue weighted by Crippen LogP contribution is 2.35. The number of thioether (sulfide) groups is 1. The molecular formula is C21H23N3O4S. The molecule has 2 aromatic carbocycles. The van der Waals surface area contributed by atoms with Crippen molar-refractivity contribution in [2.24, 2.45) is 0 Å². The van der Waals surface area contributed by atoms with Crippen LogP contribution in [0.4, 0.5) is 5.69 Å². The monoisotopic (exact) mass is 413 g/mol. The molecule has 1 aliphatic heterocycles. The number of nitro benzene ring substituents is 1. The molecule has 0 saturated heterocycles. The molecule has 0 atom stereocenters. The Morgan fingerprint density at radius 3 is 2.97 bits per heavy atom. The summed E-state index contributed by atoms with van der Waals surface area (Å²) in [6, 6.07) is 11.1. The van der Waals surface area contributed by atoms with Crippen molar-refractivity contribution in [1.29, 1.82) is 0 Å². The second-order valence-corrected chi connectivity index (χ2v) is 8.05. The molecule has 3 aromatic rings. The summed E-state index contributed by atoms with van der Waals surface area (Å²) >= 11 is 1.73. The smallest absolute Gasteiger partial charge is 0.270 e. The van der Waals surface area contributed by atoms with E-state index in [0.717, 1.165) is 33.9 Å². The fourth-order valence-electron chi connectivity index (χ4n) is 3.51. The van der Waals surface area contributed by atoms with Gasteiger partial charge in [-0.2, -0.15) is 0 Å². The van der Waals surface area contributed by atoms with Gasteiger partial charge in [0.15, 0.2) is 11.9 Å². The second kappa shape index (κ2) is 8.84. The van der Waals surface area contributed by atoms with Crippen molar-refractivity contribution < 1.29 is 14.4 Å². The fraction of sp³-hybridized carbons (Fsp3) is 0.381. The standard InChI is InChI=1S/C21H23N3O4S/c1-2-3-6-9-29-21-22-18-7-4-5-8-19(18)23(21)12-15-10-17(24(25)26)11-16-13-27-14-28-20(15)16/h4-5,7-8,10-11H,2-3,6,9,12-14H2,1H3. The lowest BCUT2D eigenvalue weighted by molar-refractivity contribution is -0.385. The molecule has 0 radical (unpaired) electrons. The molecular weight excluding hydrogens is 390 g/mol. The highest BCUT2D eigenvalue weighted by Gasteiger charge is 2.22. The van der Waals surface area contributed by atoms with Gasteiger partial charge in [-0.25, -0.2) is 4.98 Å². The van der Waals surface area contributed by atoms with Crippen LogP contribution in [0.25, 0.3) is 11.0 Å². The maximum Gasteiger partial charge on any atom is 0.270 e. The first kappa shape index (κ1) is 19.7. The van der Waals surface area contributed by atoms with Crippen LogP contribution >= 0.6 is 11.8 Å². The van der Waals surface area contributed by atoms with Gasteiger partial charge in [-0.3, -0.25) is 10.1 Å². The van der Waals surface area contributed by atoms with Crippen molar-refractivity contribution in [2.45, 2.75) is 44.5 Å². The average molecular weight is 413 g/mol. The van der Waals surface area contributed by atoms with E-state index < -0.39 is 0 Å². The molecule has 0 aliphatic carbocycles. The number of non-ortho nitro benzene ring substituents is 1. The van der Waals surface area contributed by atoms with Crippen molar-refractivity contribution in [1.82, 2.24) is 9.55 Å². The number of aromatic nitrogens is 2. The van der Waals surface area contributed by atoms with Gasteiger partial charge in [0.1, 0.15) is 5.75 Å². The number of para-hydroxylation sites is 2. The maximum atomic E-state index is 11.4. The van der Waals surface area contributed by atoms with E-state index in [0.29, 0.717) is 24.5 Å². The van der Waals surface area contributed by atoms with Crippen LogP contribution in [0, 0.1) is 10.1 Å². The van der Waals surface area contributed by atoms with Crippen molar-refractivity contribution in [3.05, 3.63) is 57.6 Å². The van der Waals surface area contributed by atoms with E-state index in [-0.39, 0.29) is 17.4 Å². The van der Waals surface area contributed by atoms with E-state index in [1.165, 1.54) is 18.9 Å². The van der Waals surface area contributed by atoms with Crippen LogP contribution in [0.15, 0.2) is 41.6 Å². The van der Waals surface area contributed by atoms with Crippen molar-refractivity contribution in [3.8, 4) is 5.75 Å². The third kappa shape index (κ3) is 4.23. The number of fused-ring (bicyclic) bond motifs is 2. The first-order valence-corrected chi connectivity index (χ1v) is 10.7. The van der Waals surface area contributed by atoms with Crippen LogP contribution in [-0.4, -0.2) is 27.0 Å². The summed E-state index contributed by atoms with van der Waals surface area (Å²) in [5.74, 6) is 1.68. The number of benzene rings is 2. The molecule has 29 heavy (non-hydrogen) atoms. The second-order valence-electron chi connectivity index (χ2n) is 6.99. The molecule has 0 spiro atoms. The highest BCUT2D eigenvalue weighted by molar-refractivity contribution is 7.99. The number of imidazole rings is 1. The number of hydrogen-bond acceptors (Lipinski definition) is 6. The largest absolute Gasteiger partial charge is 0.467 e. The summed E-state index contributed by atoms with van der Waals surface area (Å²) < 4.78 is 13.2. The number of ether oxygens (including phenoxy) is 2. The van der Waals surface area contributed by atoms with Crippen LogP contribution in [0.2, 0.25) is 0 Å². The Kier molecular flexibility index (Phi) is 6.01. The predicted molar refractivity (Wildman–Crippen MR) is 112 cm³/mol.